The third kappa shape index (κ3) is 3.24. The van der Waals surface area contributed by atoms with E-state index < -0.39 is 6.67 Å². The molecule has 1 aliphatic heterocycles. The molecule has 5 nitrogen and oxygen atoms in total. The van der Waals surface area contributed by atoms with Crippen LogP contribution in [-0.2, 0) is 6.67 Å². The van der Waals surface area contributed by atoms with Crippen LogP contribution in [0.5, 0.6) is 5.75 Å². The summed E-state index contributed by atoms with van der Waals surface area (Å²) >= 11 is 1.42. The fourth-order valence-electron chi connectivity index (χ4n) is 3.07. The number of aromatic nitrogens is 2. The second-order valence-electron chi connectivity index (χ2n) is 6.06. The third-order valence-electron chi connectivity index (χ3n) is 4.43. The van der Waals surface area contributed by atoms with Crippen molar-refractivity contribution < 1.29 is 9.13 Å². The van der Waals surface area contributed by atoms with Crippen LogP contribution in [0.25, 0.3) is 10.2 Å². The molecule has 0 bridgehead atoms. The van der Waals surface area contributed by atoms with Crippen molar-refractivity contribution in [3.63, 3.8) is 0 Å². The number of H-pyrrole nitrogens is 1. The van der Waals surface area contributed by atoms with E-state index in [4.69, 9.17) is 4.74 Å². The summed E-state index contributed by atoms with van der Waals surface area (Å²) < 4.78 is 19.7. The molecule has 0 aliphatic carbocycles. The van der Waals surface area contributed by atoms with Crippen molar-refractivity contribution in [2.24, 2.45) is 0 Å². The summed E-state index contributed by atoms with van der Waals surface area (Å²) in [5, 5.41) is 0.870. The second kappa shape index (κ2) is 6.84. The number of piperidine rings is 1. The van der Waals surface area contributed by atoms with E-state index >= 15 is 0 Å². The van der Waals surface area contributed by atoms with E-state index in [0.29, 0.717) is 16.0 Å². The van der Waals surface area contributed by atoms with Gasteiger partial charge in [-0.3, -0.25) is 4.79 Å². The molecule has 3 aromatic rings. The highest BCUT2D eigenvalue weighted by atomic mass is 32.1. The minimum absolute atomic E-state index is 0.0710. The van der Waals surface area contributed by atoms with Gasteiger partial charge in [-0.1, -0.05) is 29.5 Å². The van der Waals surface area contributed by atoms with E-state index in [1.54, 1.807) is 12.3 Å². The molecular weight excluding hydrogens is 341 g/mol. The number of halogens is 1. The lowest BCUT2D eigenvalue weighted by atomic mass is 10.1. The molecule has 25 heavy (non-hydrogen) atoms. The number of rotatable bonds is 4. The highest BCUT2D eigenvalue weighted by Gasteiger charge is 2.23. The van der Waals surface area contributed by atoms with Crippen molar-refractivity contribution in [1.82, 2.24) is 9.97 Å². The Morgan fingerprint density at radius 3 is 2.84 bits per heavy atom. The lowest BCUT2D eigenvalue weighted by molar-refractivity contribution is 0.168. The van der Waals surface area contributed by atoms with Crippen LogP contribution < -0.4 is 15.2 Å². The monoisotopic (exact) mass is 359 g/mol. The molecule has 2 aromatic heterocycles. The maximum absolute atomic E-state index is 13.0. The number of anilines is 1. The molecule has 1 aromatic carbocycles. The number of pyridine rings is 1. The van der Waals surface area contributed by atoms with Gasteiger partial charge in [-0.2, -0.15) is 0 Å². The number of nitrogens with zero attached hydrogens (tertiary/aromatic N) is 2. The lowest BCUT2D eigenvalue weighted by Crippen LogP contribution is -2.38. The standard InChI is InChI=1S/C18H18FN3O2S/c19-11-12-3-1-2-4-15(12)24-13-6-9-22(10-7-13)18-21-14-5-8-20-17(23)16(14)25-18/h1-5,8,13H,6-7,9-11H2,(H,20,23). The molecule has 0 radical (unpaired) electrons. The maximum atomic E-state index is 13.0. The SMILES string of the molecule is O=c1[nH]ccc2nc(N3CCC(Oc4ccccc4CF)CC3)sc12. The van der Waals surface area contributed by atoms with Gasteiger partial charge in [0.25, 0.3) is 5.56 Å². The minimum Gasteiger partial charge on any atom is -0.490 e. The number of hydrogen-bond acceptors (Lipinski definition) is 5. The first-order valence-corrected chi connectivity index (χ1v) is 9.10. The van der Waals surface area contributed by atoms with Crippen molar-refractivity contribution in [2.45, 2.75) is 25.6 Å². The number of hydrogen-bond donors (Lipinski definition) is 1. The van der Waals surface area contributed by atoms with Crippen LogP contribution in [0.1, 0.15) is 18.4 Å². The number of fused-ring (bicyclic) bond motifs is 1. The molecule has 0 atom stereocenters. The molecule has 1 N–H and O–H groups in total. The first kappa shape index (κ1) is 16.1. The summed E-state index contributed by atoms with van der Waals surface area (Å²) in [6.45, 7) is 1.09. The highest BCUT2D eigenvalue weighted by molar-refractivity contribution is 7.22. The predicted molar refractivity (Wildman–Crippen MR) is 97.4 cm³/mol. The van der Waals surface area contributed by atoms with Crippen LogP contribution in [0.2, 0.25) is 0 Å². The molecule has 0 unspecified atom stereocenters. The van der Waals surface area contributed by atoms with Crippen molar-refractivity contribution in [2.75, 3.05) is 18.0 Å². The molecule has 1 fully saturated rings. The normalized spacial score (nSPS) is 15.6. The van der Waals surface area contributed by atoms with Gasteiger partial charge < -0.3 is 14.6 Å². The Hall–Kier alpha value is -2.41. The Bertz CT molecular complexity index is 931. The van der Waals surface area contributed by atoms with E-state index in [1.807, 2.05) is 24.3 Å². The number of thiazole rings is 1. The number of para-hydroxylation sites is 1. The van der Waals surface area contributed by atoms with Gasteiger partial charge >= 0.3 is 0 Å². The average molecular weight is 359 g/mol. The highest BCUT2D eigenvalue weighted by Crippen LogP contribution is 2.30. The van der Waals surface area contributed by atoms with E-state index in [2.05, 4.69) is 14.9 Å². The first-order chi connectivity index (χ1) is 12.2. The molecular formula is C18H18FN3O2S. The number of aromatic amines is 1. The Balaban J connectivity index is 1.44. The summed E-state index contributed by atoms with van der Waals surface area (Å²) in [4.78, 5) is 21.3. The molecule has 4 rings (SSSR count). The van der Waals surface area contributed by atoms with Gasteiger partial charge in [0.2, 0.25) is 0 Å². The molecule has 1 aliphatic rings. The van der Waals surface area contributed by atoms with Gasteiger partial charge in [0, 0.05) is 37.7 Å². The van der Waals surface area contributed by atoms with Crippen molar-refractivity contribution in [1.29, 1.82) is 0 Å². The zero-order chi connectivity index (χ0) is 17.2. The van der Waals surface area contributed by atoms with Crippen LogP contribution in [0.3, 0.4) is 0 Å². The zero-order valence-electron chi connectivity index (χ0n) is 13.6. The summed E-state index contributed by atoms with van der Waals surface area (Å²) in [7, 11) is 0. The van der Waals surface area contributed by atoms with E-state index in [1.165, 1.54) is 11.3 Å². The van der Waals surface area contributed by atoms with E-state index in [0.717, 1.165) is 36.6 Å². The summed E-state index contributed by atoms with van der Waals surface area (Å²) in [5.74, 6) is 0.634. The van der Waals surface area contributed by atoms with Crippen molar-refractivity contribution >= 4 is 26.7 Å². The van der Waals surface area contributed by atoms with Gasteiger partial charge in [-0.15, -0.1) is 0 Å². The van der Waals surface area contributed by atoms with Crippen LogP contribution in [-0.4, -0.2) is 29.2 Å². The quantitative estimate of drug-likeness (QED) is 0.775. The molecule has 7 heteroatoms. The van der Waals surface area contributed by atoms with Gasteiger partial charge in [0.05, 0.1) is 5.52 Å². The molecule has 0 saturated carbocycles. The summed E-state index contributed by atoms with van der Waals surface area (Å²) in [6, 6.07) is 9.08. The average Bonchev–Trinajstić information content (AvgIpc) is 3.08. The number of ether oxygens (including phenoxy) is 1. The number of benzene rings is 1. The predicted octanol–water partition coefficient (Wildman–Crippen LogP) is 3.50. The fourth-order valence-corrected chi connectivity index (χ4v) is 4.07. The number of nitrogens with one attached hydrogen (secondary N) is 1. The molecule has 0 spiro atoms. The first-order valence-electron chi connectivity index (χ1n) is 8.28. The Morgan fingerprint density at radius 2 is 2.08 bits per heavy atom. The third-order valence-corrected chi connectivity index (χ3v) is 5.56. The molecule has 1 saturated heterocycles. The Labute approximate surface area is 148 Å². The Kier molecular flexibility index (Phi) is 4.40. The summed E-state index contributed by atoms with van der Waals surface area (Å²) in [6.07, 6.45) is 3.37. The summed E-state index contributed by atoms with van der Waals surface area (Å²) in [5.41, 5.74) is 1.23. The van der Waals surface area contributed by atoms with Crippen molar-refractivity contribution in [3.8, 4) is 5.75 Å². The minimum atomic E-state index is -0.519. The van der Waals surface area contributed by atoms with Gasteiger partial charge in [0.15, 0.2) is 5.13 Å². The van der Waals surface area contributed by atoms with Crippen LogP contribution >= 0.6 is 11.3 Å². The van der Waals surface area contributed by atoms with E-state index in [-0.39, 0.29) is 11.7 Å². The molecule has 130 valence electrons. The van der Waals surface area contributed by atoms with Crippen LogP contribution in [0.15, 0.2) is 41.3 Å². The van der Waals surface area contributed by atoms with Crippen LogP contribution in [0.4, 0.5) is 9.52 Å². The van der Waals surface area contributed by atoms with Gasteiger partial charge in [-0.25, -0.2) is 9.37 Å². The topological polar surface area (TPSA) is 58.2 Å². The number of alkyl halides is 1. The van der Waals surface area contributed by atoms with Crippen LogP contribution in [0, 0.1) is 0 Å². The smallest absolute Gasteiger partial charge is 0.267 e. The Morgan fingerprint density at radius 1 is 1.28 bits per heavy atom. The second-order valence-corrected chi connectivity index (χ2v) is 7.04. The van der Waals surface area contributed by atoms with E-state index in [9.17, 15) is 9.18 Å². The fraction of sp³-hybridized carbons (Fsp3) is 0.333. The van der Waals surface area contributed by atoms with Gasteiger partial charge in [-0.05, 0) is 12.1 Å². The van der Waals surface area contributed by atoms with Crippen molar-refractivity contribution in [3.05, 3.63) is 52.4 Å². The largest absolute Gasteiger partial charge is 0.490 e. The molecule has 3 heterocycles. The maximum Gasteiger partial charge on any atom is 0.267 e. The molecule has 0 amide bonds. The lowest BCUT2D eigenvalue weighted by Gasteiger charge is -2.32. The van der Waals surface area contributed by atoms with Gasteiger partial charge in [0.1, 0.15) is 23.2 Å². The zero-order valence-corrected chi connectivity index (χ0v) is 14.4.